The third-order valence-corrected chi connectivity index (χ3v) is 2.59. The molecule has 0 saturated carbocycles. The molecule has 0 radical (unpaired) electrons. The summed E-state index contributed by atoms with van der Waals surface area (Å²) in [4.78, 5) is 4.29. The third-order valence-electron chi connectivity index (χ3n) is 2.59. The molecule has 0 aliphatic carbocycles. The zero-order valence-corrected chi connectivity index (χ0v) is 10.5. The SMILES string of the molecule is CCCCc1noc(/C=C/c2ccc(N)cc2)n1. The van der Waals surface area contributed by atoms with Crippen LogP contribution in [-0.2, 0) is 6.42 Å². The van der Waals surface area contributed by atoms with E-state index in [1.165, 1.54) is 0 Å². The third kappa shape index (κ3) is 3.45. The van der Waals surface area contributed by atoms with Crippen LogP contribution < -0.4 is 5.73 Å². The number of unbranched alkanes of at least 4 members (excludes halogenated alkanes) is 1. The van der Waals surface area contributed by atoms with Crippen LogP contribution in [0.3, 0.4) is 0 Å². The van der Waals surface area contributed by atoms with Gasteiger partial charge in [0.05, 0.1) is 0 Å². The summed E-state index contributed by atoms with van der Waals surface area (Å²) in [5, 5.41) is 3.92. The lowest BCUT2D eigenvalue weighted by Gasteiger charge is -1.93. The molecule has 0 atom stereocenters. The fraction of sp³-hybridized carbons (Fsp3) is 0.286. The average molecular weight is 243 g/mol. The second-order valence-corrected chi connectivity index (χ2v) is 4.15. The van der Waals surface area contributed by atoms with Crippen molar-refractivity contribution >= 4 is 17.8 Å². The average Bonchev–Trinajstić information content (AvgIpc) is 2.84. The summed E-state index contributed by atoms with van der Waals surface area (Å²) < 4.78 is 5.13. The Bertz CT molecular complexity index is 514. The highest BCUT2D eigenvalue weighted by Crippen LogP contribution is 2.10. The van der Waals surface area contributed by atoms with E-state index in [1.807, 2.05) is 36.4 Å². The lowest BCUT2D eigenvalue weighted by atomic mass is 10.2. The standard InChI is InChI=1S/C14H17N3O/c1-2-3-4-13-16-14(18-17-13)10-7-11-5-8-12(15)9-6-11/h5-10H,2-4,15H2,1H3/b10-7+. The Balaban J connectivity index is 2.00. The van der Waals surface area contributed by atoms with E-state index in [0.29, 0.717) is 5.89 Å². The maximum Gasteiger partial charge on any atom is 0.250 e. The number of nitrogens with two attached hydrogens (primary N) is 1. The Morgan fingerprint density at radius 1 is 1.22 bits per heavy atom. The first kappa shape index (κ1) is 12.4. The molecule has 2 aromatic rings. The molecule has 1 aromatic heterocycles. The van der Waals surface area contributed by atoms with Crippen LogP contribution in [0, 0.1) is 0 Å². The molecule has 0 saturated heterocycles. The van der Waals surface area contributed by atoms with Gasteiger partial charge >= 0.3 is 0 Å². The molecule has 18 heavy (non-hydrogen) atoms. The Morgan fingerprint density at radius 2 is 2.00 bits per heavy atom. The molecule has 0 aliphatic rings. The zero-order valence-electron chi connectivity index (χ0n) is 10.5. The molecule has 0 amide bonds. The summed E-state index contributed by atoms with van der Waals surface area (Å²) in [5.74, 6) is 1.31. The van der Waals surface area contributed by atoms with E-state index in [2.05, 4.69) is 17.1 Å². The highest BCUT2D eigenvalue weighted by atomic mass is 16.5. The van der Waals surface area contributed by atoms with Gasteiger partial charge in [0.25, 0.3) is 5.89 Å². The monoisotopic (exact) mass is 243 g/mol. The normalized spacial score (nSPS) is 11.2. The van der Waals surface area contributed by atoms with E-state index in [4.69, 9.17) is 10.3 Å². The van der Waals surface area contributed by atoms with Gasteiger partial charge in [0.15, 0.2) is 5.82 Å². The van der Waals surface area contributed by atoms with Crippen LogP contribution in [0.5, 0.6) is 0 Å². The molecule has 2 rings (SSSR count). The van der Waals surface area contributed by atoms with E-state index in [0.717, 1.165) is 36.3 Å². The summed E-state index contributed by atoms with van der Waals surface area (Å²) in [6.07, 6.45) is 6.83. The molecular formula is C14H17N3O. The number of hydrogen-bond donors (Lipinski definition) is 1. The van der Waals surface area contributed by atoms with E-state index >= 15 is 0 Å². The Morgan fingerprint density at radius 3 is 2.72 bits per heavy atom. The van der Waals surface area contributed by atoms with E-state index in [-0.39, 0.29) is 0 Å². The van der Waals surface area contributed by atoms with Crippen LogP contribution in [0.2, 0.25) is 0 Å². The molecule has 0 aliphatic heterocycles. The summed E-state index contributed by atoms with van der Waals surface area (Å²) in [7, 11) is 0. The molecule has 0 unspecified atom stereocenters. The minimum atomic E-state index is 0.540. The second kappa shape index (κ2) is 6.00. The Kier molecular flexibility index (Phi) is 4.12. The first-order chi connectivity index (χ1) is 8.78. The molecule has 1 aromatic carbocycles. The second-order valence-electron chi connectivity index (χ2n) is 4.15. The van der Waals surface area contributed by atoms with Crippen molar-refractivity contribution in [2.45, 2.75) is 26.2 Å². The van der Waals surface area contributed by atoms with Crippen molar-refractivity contribution in [3.8, 4) is 0 Å². The van der Waals surface area contributed by atoms with Crippen LogP contribution in [0.4, 0.5) is 5.69 Å². The topological polar surface area (TPSA) is 64.9 Å². The van der Waals surface area contributed by atoms with E-state index in [1.54, 1.807) is 0 Å². The summed E-state index contributed by atoms with van der Waals surface area (Å²) in [6.45, 7) is 2.14. The lowest BCUT2D eigenvalue weighted by Crippen LogP contribution is -1.86. The van der Waals surface area contributed by atoms with Gasteiger partial charge in [0.1, 0.15) is 0 Å². The van der Waals surface area contributed by atoms with E-state index in [9.17, 15) is 0 Å². The maximum atomic E-state index is 5.62. The first-order valence-corrected chi connectivity index (χ1v) is 6.14. The van der Waals surface area contributed by atoms with Gasteiger partial charge in [-0.3, -0.25) is 0 Å². The predicted molar refractivity (Wildman–Crippen MR) is 72.7 cm³/mol. The van der Waals surface area contributed by atoms with Crippen LogP contribution in [0.25, 0.3) is 12.2 Å². The van der Waals surface area contributed by atoms with Gasteiger partial charge in [-0.15, -0.1) is 0 Å². The molecule has 1 heterocycles. The van der Waals surface area contributed by atoms with Crippen molar-refractivity contribution in [3.63, 3.8) is 0 Å². The van der Waals surface area contributed by atoms with E-state index < -0.39 is 0 Å². The first-order valence-electron chi connectivity index (χ1n) is 6.14. The summed E-state index contributed by atoms with van der Waals surface area (Å²) >= 11 is 0. The molecule has 2 N–H and O–H groups in total. The molecule has 0 fully saturated rings. The number of nitrogen functional groups attached to an aromatic ring is 1. The zero-order chi connectivity index (χ0) is 12.8. The minimum absolute atomic E-state index is 0.540. The molecule has 4 nitrogen and oxygen atoms in total. The number of nitrogens with zero attached hydrogens (tertiary/aromatic N) is 2. The van der Waals surface area contributed by atoms with Crippen molar-refractivity contribution < 1.29 is 4.52 Å². The fourth-order valence-electron chi connectivity index (χ4n) is 1.55. The molecule has 0 bridgehead atoms. The number of hydrogen-bond acceptors (Lipinski definition) is 4. The van der Waals surface area contributed by atoms with Crippen LogP contribution in [0.15, 0.2) is 28.8 Å². The Hall–Kier alpha value is -2.10. The number of aryl methyl sites for hydroxylation is 1. The number of benzene rings is 1. The van der Waals surface area contributed by atoms with Crippen LogP contribution >= 0.6 is 0 Å². The van der Waals surface area contributed by atoms with Crippen molar-refractivity contribution in [1.29, 1.82) is 0 Å². The molecule has 0 spiro atoms. The largest absolute Gasteiger partial charge is 0.399 e. The van der Waals surface area contributed by atoms with Crippen molar-refractivity contribution in [1.82, 2.24) is 10.1 Å². The molecule has 94 valence electrons. The van der Waals surface area contributed by atoms with Crippen molar-refractivity contribution in [2.24, 2.45) is 0 Å². The lowest BCUT2D eigenvalue weighted by molar-refractivity contribution is 0.402. The highest BCUT2D eigenvalue weighted by molar-refractivity contribution is 5.66. The van der Waals surface area contributed by atoms with Gasteiger partial charge in [-0.05, 0) is 30.2 Å². The maximum absolute atomic E-state index is 5.62. The number of rotatable bonds is 5. The fourth-order valence-corrected chi connectivity index (χ4v) is 1.55. The van der Waals surface area contributed by atoms with Crippen LogP contribution in [-0.4, -0.2) is 10.1 Å². The quantitative estimate of drug-likeness (QED) is 0.819. The predicted octanol–water partition coefficient (Wildman–Crippen LogP) is 3.16. The van der Waals surface area contributed by atoms with Crippen molar-refractivity contribution in [2.75, 3.05) is 5.73 Å². The Labute approximate surface area is 107 Å². The van der Waals surface area contributed by atoms with Crippen LogP contribution in [0.1, 0.15) is 37.0 Å². The van der Waals surface area contributed by atoms with Crippen molar-refractivity contribution in [3.05, 3.63) is 41.5 Å². The van der Waals surface area contributed by atoms with Gasteiger partial charge in [0.2, 0.25) is 0 Å². The summed E-state index contributed by atoms with van der Waals surface area (Å²) in [5.41, 5.74) is 7.43. The smallest absolute Gasteiger partial charge is 0.250 e. The number of anilines is 1. The summed E-state index contributed by atoms with van der Waals surface area (Å²) in [6, 6.07) is 7.61. The van der Waals surface area contributed by atoms with Gasteiger partial charge < -0.3 is 10.3 Å². The number of aromatic nitrogens is 2. The van der Waals surface area contributed by atoms with Gasteiger partial charge in [-0.1, -0.05) is 30.6 Å². The highest BCUT2D eigenvalue weighted by Gasteiger charge is 2.02. The van der Waals surface area contributed by atoms with Gasteiger partial charge in [-0.2, -0.15) is 4.98 Å². The molecule has 4 heteroatoms. The molecular weight excluding hydrogens is 226 g/mol. The van der Waals surface area contributed by atoms with Gasteiger partial charge in [0, 0.05) is 18.2 Å². The van der Waals surface area contributed by atoms with Gasteiger partial charge in [-0.25, -0.2) is 0 Å². The minimum Gasteiger partial charge on any atom is -0.399 e.